The summed E-state index contributed by atoms with van der Waals surface area (Å²) in [5.74, 6) is -2.45. The fraction of sp³-hybridized carbons (Fsp3) is 0.900. The number of carboxylic acid groups (broad SMARTS) is 1. The van der Waals surface area contributed by atoms with E-state index in [9.17, 15) is 55.5 Å². The smallest absolute Gasteiger partial charge is 0.335 e. The van der Waals surface area contributed by atoms with Crippen molar-refractivity contribution in [2.45, 2.75) is 98.9 Å². The molecule has 220 valence electrons. The van der Waals surface area contributed by atoms with Crippen LogP contribution in [0.5, 0.6) is 0 Å². The second-order valence-electron chi connectivity index (χ2n) is 9.19. The number of aliphatic hydroxyl groups is 8. The van der Waals surface area contributed by atoms with Gasteiger partial charge in [0.15, 0.2) is 25.0 Å². The predicted molar refractivity (Wildman–Crippen MR) is 115 cm³/mol. The number of carboxylic acids is 1. The standard InChI is InChI=1S/C20H34N2O16/c1-4(25)22-8-11(28)15(37-20-13(30)12(29)9(26)5(2-23)35-20)16(17(31)32)38-19(8)36-14-6(3-24)34-18(33)7(21)10(14)27/h5-16,18-20,23-24,26-30,33H,2-3,21H2,1H3,(H,22,25)(H,31,32)/t5-,6-,7-,8+,9+,10-,11-,12+,13-,14-,15+,16-,18+,19-,20-/m1/s1. The highest BCUT2D eigenvalue weighted by Crippen LogP contribution is 2.32. The van der Waals surface area contributed by atoms with Crippen LogP contribution in [0.4, 0.5) is 0 Å². The molecule has 15 atom stereocenters. The summed E-state index contributed by atoms with van der Waals surface area (Å²) in [4.78, 5) is 23.9. The summed E-state index contributed by atoms with van der Waals surface area (Å²) in [5, 5.41) is 92.6. The third kappa shape index (κ3) is 6.24. The summed E-state index contributed by atoms with van der Waals surface area (Å²) in [6, 6.07) is -3.00. The summed E-state index contributed by atoms with van der Waals surface area (Å²) in [5.41, 5.74) is 5.68. The molecule has 0 radical (unpaired) electrons. The van der Waals surface area contributed by atoms with E-state index in [0.29, 0.717) is 0 Å². The Balaban J connectivity index is 1.88. The number of amides is 1. The van der Waals surface area contributed by atoms with Crippen LogP contribution in [0.25, 0.3) is 0 Å². The van der Waals surface area contributed by atoms with Gasteiger partial charge in [0.2, 0.25) is 5.91 Å². The number of nitrogens with one attached hydrogen (secondary N) is 1. The molecule has 0 spiro atoms. The quantitative estimate of drug-likeness (QED) is 0.132. The highest BCUT2D eigenvalue weighted by molar-refractivity contribution is 5.75. The molecule has 18 heteroatoms. The van der Waals surface area contributed by atoms with Crippen molar-refractivity contribution in [2.24, 2.45) is 5.73 Å². The fourth-order valence-corrected chi connectivity index (χ4v) is 4.47. The Labute approximate surface area is 215 Å². The van der Waals surface area contributed by atoms with E-state index in [1.54, 1.807) is 0 Å². The molecule has 0 aromatic carbocycles. The van der Waals surface area contributed by atoms with Gasteiger partial charge in [0.25, 0.3) is 0 Å². The topological polar surface area (TPSA) is 300 Å². The van der Waals surface area contributed by atoms with Crippen LogP contribution in [0.1, 0.15) is 6.92 Å². The van der Waals surface area contributed by atoms with Crippen LogP contribution < -0.4 is 11.1 Å². The molecule has 3 fully saturated rings. The third-order valence-corrected chi connectivity index (χ3v) is 6.54. The van der Waals surface area contributed by atoms with E-state index in [4.69, 9.17) is 29.4 Å². The first-order chi connectivity index (χ1) is 17.8. The molecular weight excluding hydrogens is 524 g/mol. The van der Waals surface area contributed by atoms with Gasteiger partial charge in [0.1, 0.15) is 61.0 Å². The van der Waals surface area contributed by atoms with Crippen LogP contribution in [-0.2, 0) is 33.3 Å². The maximum Gasteiger partial charge on any atom is 0.335 e. The number of carbonyl (C=O) groups is 2. The number of rotatable bonds is 8. The molecule has 0 unspecified atom stereocenters. The minimum absolute atomic E-state index is 0.738. The largest absolute Gasteiger partial charge is 0.479 e. The van der Waals surface area contributed by atoms with Crippen LogP contribution in [0, 0.1) is 0 Å². The lowest BCUT2D eigenvalue weighted by Gasteiger charge is -2.48. The molecule has 38 heavy (non-hydrogen) atoms. The number of hydrogen-bond acceptors (Lipinski definition) is 16. The van der Waals surface area contributed by atoms with Crippen molar-refractivity contribution >= 4 is 11.9 Å². The highest BCUT2D eigenvalue weighted by atomic mass is 16.7. The Morgan fingerprint density at radius 2 is 1.39 bits per heavy atom. The molecule has 0 saturated carbocycles. The van der Waals surface area contributed by atoms with Gasteiger partial charge in [-0.2, -0.15) is 0 Å². The zero-order valence-electron chi connectivity index (χ0n) is 20.0. The Hall–Kier alpha value is -1.62. The number of carbonyl (C=O) groups excluding carboxylic acids is 1. The fourth-order valence-electron chi connectivity index (χ4n) is 4.47. The lowest BCUT2D eigenvalue weighted by atomic mass is 9.94. The van der Waals surface area contributed by atoms with Crippen LogP contribution in [0.3, 0.4) is 0 Å². The van der Waals surface area contributed by atoms with E-state index < -0.39 is 117 Å². The Kier molecular flexibility index (Phi) is 10.3. The van der Waals surface area contributed by atoms with Gasteiger partial charge < -0.3 is 80.7 Å². The van der Waals surface area contributed by atoms with Crippen molar-refractivity contribution in [1.29, 1.82) is 0 Å². The average molecular weight is 558 g/mol. The van der Waals surface area contributed by atoms with E-state index >= 15 is 0 Å². The van der Waals surface area contributed by atoms with Crippen molar-refractivity contribution in [1.82, 2.24) is 5.32 Å². The average Bonchev–Trinajstić information content (AvgIpc) is 2.87. The van der Waals surface area contributed by atoms with Crippen molar-refractivity contribution in [3.05, 3.63) is 0 Å². The molecule has 1 amide bonds. The molecule has 18 nitrogen and oxygen atoms in total. The maximum absolute atomic E-state index is 12.1. The van der Waals surface area contributed by atoms with Crippen LogP contribution in [0.2, 0.25) is 0 Å². The number of aliphatic carboxylic acids is 1. The SMILES string of the molecule is CC(=O)N[C@@H]1[C@H](O[C@H]2[C@H](O)[C@@H](N)[C@@H](O)O[C@@H]2CO)O[C@@H](C(=O)O)[C@@H](O[C@H]2O[C@H](CO)[C@H](O)[C@H](O)[C@H]2O)[C@@H]1O. The van der Waals surface area contributed by atoms with Crippen molar-refractivity contribution in [3.8, 4) is 0 Å². The second kappa shape index (κ2) is 12.7. The summed E-state index contributed by atoms with van der Waals surface area (Å²) in [6.07, 6.45) is -22.8. The van der Waals surface area contributed by atoms with Gasteiger partial charge in [-0.25, -0.2) is 4.79 Å². The zero-order valence-corrected chi connectivity index (χ0v) is 20.0. The summed E-state index contributed by atoms with van der Waals surface area (Å²) >= 11 is 0. The molecule has 3 heterocycles. The second-order valence-corrected chi connectivity index (χ2v) is 9.19. The zero-order chi connectivity index (χ0) is 28.5. The molecule has 3 saturated heterocycles. The maximum atomic E-state index is 12.1. The van der Waals surface area contributed by atoms with E-state index in [1.165, 1.54) is 0 Å². The van der Waals surface area contributed by atoms with E-state index in [1.807, 2.05) is 0 Å². The summed E-state index contributed by atoms with van der Waals surface area (Å²) in [7, 11) is 0. The first-order valence-corrected chi connectivity index (χ1v) is 11.6. The van der Waals surface area contributed by atoms with Gasteiger partial charge >= 0.3 is 5.97 Å². The minimum atomic E-state index is -2.07. The Morgan fingerprint density at radius 3 is 1.95 bits per heavy atom. The molecule has 0 aromatic heterocycles. The van der Waals surface area contributed by atoms with Crippen molar-refractivity contribution in [2.75, 3.05) is 13.2 Å². The first-order valence-electron chi connectivity index (χ1n) is 11.6. The van der Waals surface area contributed by atoms with Crippen LogP contribution in [0.15, 0.2) is 0 Å². The van der Waals surface area contributed by atoms with Gasteiger partial charge in [-0.15, -0.1) is 0 Å². The number of ether oxygens (including phenoxy) is 5. The lowest BCUT2D eigenvalue weighted by molar-refractivity contribution is -0.355. The molecular formula is C20H34N2O16. The minimum Gasteiger partial charge on any atom is -0.479 e. The van der Waals surface area contributed by atoms with E-state index in [-0.39, 0.29) is 0 Å². The van der Waals surface area contributed by atoms with E-state index in [2.05, 4.69) is 5.32 Å². The molecule has 0 aliphatic carbocycles. The first kappa shape index (κ1) is 30.9. The highest BCUT2D eigenvalue weighted by Gasteiger charge is 2.55. The predicted octanol–water partition coefficient (Wildman–Crippen LogP) is -7.37. The Morgan fingerprint density at radius 1 is 0.789 bits per heavy atom. The Bertz CT molecular complexity index is 818. The van der Waals surface area contributed by atoms with Gasteiger partial charge in [0, 0.05) is 6.92 Å². The lowest BCUT2D eigenvalue weighted by Crippen LogP contribution is -2.70. The summed E-state index contributed by atoms with van der Waals surface area (Å²) in [6.45, 7) is -0.533. The number of hydrogen-bond donors (Lipinski definition) is 11. The van der Waals surface area contributed by atoms with Gasteiger partial charge in [-0.05, 0) is 0 Å². The van der Waals surface area contributed by atoms with Gasteiger partial charge in [-0.3, -0.25) is 4.79 Å². The van der Waals surface area contributed by atoms with Crippen LogP contribution >= 0.6 is 0 Å². The van der Waals surface area contributed by atoms with Crippen LogP contribution in [-0.4, -0.2) is 163 Å². The third-order valence-electron chi connectivity index (χ3n) is 6.54. The normalized spacial score (nSPS) is 47.9. The molecule has 3 aliphatic rings. The number of nitrogens with two attached hydrogens (primary N) is 1. The molecule has 3 rings (SSSR count). The molecule has 12 N–H and O–H groups in total. The van der Waals surface area contributed by atoms with Gasteiger partial charge in [-0.1, -0.05) is 0 Å². The monoisotopic (exact) mass is 558 g/mol. The molecule has 3 aliphatic heterocycles. The number of aliphatic hydroxyl groups excluding tert-OH is 8. The van der Waals surface area contributed by atoms with E-state index in [0.717, 1.165) is 6.92 Å². The summed E-state index contributed by atoms with van der Waals surface area (Å²) < 4.78 is 26.8. The van der Waals surface area contributed by atoms with Gasteiger partial charge in [0.05, 0.1) is 19.3 Å². The van der Waals surface area contributed by atoms with Crippen molar-refractivity contribution in [3.63, 3.8) is 0 Å². The molecule has 0 bridgehead atoms. The molecule has 0 aromatic rings. The van der Waals surface area contributed by atoms with Crippen molar-refractivity contribution < 1.29 is 79.2 Å².